The summed E-state index contributed by atoms with van der Waals surface area (Å²) >= 11 is 0. The predicted molar refractivity (Wildman–Crippen MR) is 81.2 cm³/mol. The van der Waals surface area contributed by atoms with Gasteiger partial charge in [0.05, 0.1) is 13.2 Å². The second-order valence-electron chi connectivity index (χ2n) is 6.08. The van der Waals surface area contributed by atoms with Gasteiger partial charge in [-0.25, -0.2) is 0 Å². The standard InChI is InChI=1S/C16H22N4O2/c1-2-13(17-4-1)10-20-5-3-16-14(11-20)15(18-22-16)12-19-6-8-21-9-7-19/h1-2,4,17H,3,5-12H2. The Kier molecular flexibility index (Phi) is 3.97. The topological polar surface area (TPSA) is 57.5 Å². The number of nitrogens with one attached hydrogen (secondary N) is 1. The average Bonchev–Trinajstić information content (AvgIpc) is 3.19. The fraction of sp³-hybridized carbons (Fsp3) is 0.562. The van der Waals surface area contributed by atoms with Crippen molar-refractivity contribution in [3.05, 3.63) is 41.0 Å². The number of fused-ring (bicyclic) bond motifs is 1. The first-order chi connectivity index (χ1) is 10.9. The lowest BCUT2D eigenvalue weighted by Gasteiger charge is -2.28. The zero-order chi connectivity index (χ0) is 14.8. The number of hydrogen-bond acceptors (Lipinski definition) is 5. The van der Waals surface area contributed by atoms with E-state index in [0.29, 0.717) is 0 Å². The molecule has 118 valence electrons. The SMILES string of the molecule is c1c[nH]c(CN2CCc3onc(CN4CCOCC4)c3C2)c1. The summed E-state index contributed by atoms with van der Waals surface area (Å²) < 4.78 is 11.0. The molecule has 0 aromatic carbocycles. The molecule has 0 atom stereocenters. The van der Waals surface area contributed by atoms with Crippen LogP contribution < -0.4 is 0 Å². The van der Waals surface area contributed by atoms with E-state index >= 15 is 0 Å². The van der Waals surface area contributed by atoms with Crippen molar-refractivity contribution in [1.29, 1.82) is 0 Å². The predicted octanol–water partition coefficient (Wildman–Crippen LogP) is 1.39. The van der Waals surface area contributed by atoms with Crippen LogP contribution in [0.3, 0.4) is 0 Å². The fourth-order valence-electron chi connectivity index (χ4n) is 3.26. The second-order valence-corrected chi connectivity index (χ2v) is 6.08. The molecule has 6 nitrogen and oxygen atoms in total. The van der Waals surface area contributed by atoms with Crippen molar-refractivity contribution >= 4 is 0 Å². The molecule has 0 amide bonds. The highest BCUT2D eigenvalue weighted by Gasteiger charge is 2.25. The van der Waals surface area contributed by atoms with Crippen molar-refractivity contribution in [3.8, 4) is 0 Å². The molecule has 22 heavy (non-hydrogen) atoms. The van der Waals surface area contributed by atoms with Gasteiger partial charge in [-0.15, -0.1) is 0 Å². The minimum absolute atomic E-state index is 0.818. The van der Waals surface area contributed by atoms with Gasteiger partial charge >= 0.3 is 0 Å². The third-order valence-corrected chi connectivity index (χ3v) is 4.52. The first kappa shape index (κ1) is 14.0. The summed E-state index contributed by atoms with van der Waals surface area (Å²) in [5, 5.41) is 4.33. The summed E-state index contributed by atoms with van der Waals surface area (Å²) in [5.41, 5.74) is 3.66. The smallest absolute Gasteiger partial charge is 0.142 e. The molecule has 0 unspecified atom stereocenters. The zero-order valence-electron chi connectivity index (χ0n) is 12.8. The van der Waals surface area contributed by atoms with E-state index in [-0.39, 0.29) is 0 Å². The molecule has 2 aliphatic heterocycles. The molecule has 4 rings (SSSR count). The largest absolute Gasteiger partial charge is 0.379 e. The number of nitrogens with zero attached hydrogens (tertiary/aromatic N) is 3. The maximum absolute atomic E-state index is 5.57. The van der Waals surface area contributed by atoms with Crippen LogP contribution in [-0.2, 0) is 30.8 Å². The first-order valence-electron chi connectivity index (χ1n) is 7.99. The Morgan fingerprint density at radius 2 is 2.05 bits per heavy atom. The zero-order valence-corrected chi connectivity index (χ0v) is 12.8. The van der Waals surface area contributed by atoms with E-state index in [1.54, 1.807) is 0 Å². The summed E-state index contributed by atoms with van der Waals surface area (Å²) in [7, 11) is 0. The molecule has 0 aliphatic carbocycles. The highest BCUT2D eigenvalue weighted by atomic mass is 16.5. The lowest BCUT2D eigenvalue weighted by Crippen LogP contribution is -2.36. The molecule has 1 saturated heterocycles. The molecule has 1 N–H and O–H groups in total. The average molecular weight is 302 g/mol. The minimum Gasteiger partial charge on any atom is -0.379 e. The number of H-pyrrole nitrogens is 1. The van der Waals surface area contributed by atoms with Crippen molar-refractivity contribution < 1.29 is 9.26 Å². The van der Waals surface area contributed by atoms with Crippen LogP contribution in [0, 0.1) is 0 Å². The van der Waals surface area contributed by atoms with Gasteiger partial charge in [0.15, 0.2) is 0 Å². The molecule has 1 fully saturated rings. The van der Waals surface area contributed by atoms with E-state index in [1.165, 1.54) is 11.3 Å². The Hall–Kier alpha value is -1.63. The van der Waals surface area contributed by atoms with E-state index < -0.39 is 0 Å². The van der Waals surface area contributed by atoms with Crippen molar-refractivity contribution in [2.75, 3.05) is 32.8 Å². The van der Waals surface area contributed by atoms with Gasteiger partial charge in [-0.2, -0.15) is 0 Å². The van der Waals surface area contributed by atoms with Gasteiger partial charge in [0.2, 0.25) is 0 Å². The van der Waals surface area contributed by atoms with Crippen LogP contribution in [0.15, 0.2) is 22.9 Å². The Bertz CT molecular complexity index is 602. The number of rotatable bonds is 4. The van der Waals surface area contributed by atoms with Crippen LogP contribution in [0.2, 0.25) is 0 Å². The lowest BCUT2D eigenvalue weighted by molar-refractivity contribution is 0.0331. The molecule has 0 spiro atoms. The molecule has 2 aromatic heterocycles. The number of aromatic amines is 1. The Morgan fingerprint density at radius 1 is 1.14 bits per heavy atom. The van der Waals surface area contributed by atoms with Gasteiger partial charge < -0.3 is 14.2 Å². The summed E-state index contributed by atoms with van der Waals surface area (Å²) in [4.78, 5) is 8.13. The molecule has 0 bridgehead atoms. The van der Waals surface area contributed by atoms with Gasteiger partial charge in [-0.3, -0.25) is 9.80 Å². The van der Waals surface area contributed by atoms with Crippen molar-refractivity contribution in [2.24, 2.45) is 0 Å². The van der Waals surface area contributed by atoms with Crippen LogP contribution >= 0.6 is 0 Å². The highest BCUT2D eigenvalue weighted by molar-refractivity contribution is 5.25. The van der Waals surface area contributed by atoms with E-state index in [0.717, 1.165) is 70.4 Å². The molecule has 2 aliphatic rings. The molecule has 0 saturated carbocycles. The quantitative estimate of drug-likeness (QED) is 0.925. The van der Waals surface area contributed by atoms with Crippen LogP contribution in [0.5, 0.6) is 0 Å². The minimum atomic E-state index is 0.818. The number of hydrogen-bond donors (Lipinski definition) is 1. The summed E-state index contributed by atoms with van der Waals surface area (Å²) in [6, 6.07) is 4.19. The third-order valence-electron chi connectivity index (χ3n) is 4.52. The van der Waals surface area contributed by atoms with Gasteiger partial charge in [0.25, 0.3) is 0 Å². The molecule has 4 heterocycles. The van der Waals surface area contributed by atoms with Gasteiger partial charge in [-0.05, 0) is 12.1 Å². The van der Waals surface area contributed by atoms with E-state index in [4.69, 9.17) is 9.26 Å². The molecular weight excluding hydrogens is 280 g/mol. The summed E-state index contributed by atoms with van der Waals surface area (Å²) in [6.45, 7) is 7.38. The van der Waals surface area contributed by atoms with Crippen molar-refractivity contribution in [3.63, 3.8) is 0 Å². The first-order valence-corrected chi connectivity index (χ1v) is 7.99. The van der Waals surface area contributed by atoms with Gasteiger partial charge in [0, 0.05) is 63.1 Å². The van der Waals surface area contributed by atoms with E-state index in [9.17, 15) is 0 Å². The number of ether oxygens (including phenoxy) is 1. The van der Waals surface area contributed by atoms with Crippen molar-refractivity contribution in [2.45, 2.75) is 26.1 Å². The van der Waals surface area contributed by atoms with Crippen LogP contribution in [0.1, 0.15) is 22.7 Å². The van der Waals surface area contributed by atoms with E-state index in [1.807, 2.05) is 12.3 Å². The molecular formula is C16H22N4O2. The van der Waals surface area contributed by atoms with Crippen LogP contribution in [0.4, 0.5) is 0 Å². The number of morpholine rings is 1. The van der Waals surface area contributed by atoms with Crippen LogP contribution in [-0.4, -0.2) is 52.8 Å². The van der Waals surface area contributed by atoms with Gasteiger partial charge in [-0.1, -0.05) is 5.16 Å². The summed E-state index contributed by atoms with van der Waals surface area (Å²) in [6.07, 6.45) is 2.93. The summed E-state index contributed by atoms with van der Waals surface area (Å²) in [5.74, 6) is 1.07. The second kappa shape index (κ2) is 6.24. The lowest BCUT2D eigenvalue weighted by atomic mass is 10.1. The number of aromatic nitrogens is 2. The fourth-order valence-corrected chi connectivity index (χ4v) is 3.26. The Labute approximate surface area is 130 Å². The van der Waals surface area contributed by atoms with Gasteiger partial charge in [0.1, 0.15) is 11.5 Å². The maximum Gasteiger partial charge on any atom is 0.142 e. The molecule has 2 aromatic rings. The Balaban J connectivity index is 1.44. The Morgan fingerprint density at radius 3 is 2.86 bits per heavy atom. The molecule has 0 radical (unpaired) electrons. The van der Waals surface area contributed by atoms with Crippen LogP contribution in [0.25, 0.3) is 0 Å². The monoisotopic (exact) mass is 302 g/mol. The third kappa shape index (κ3) is 2.95. The highest BCUT2D eigenvalue weighted by Crippen LogP contribution is 2.24. The van der Waals surface area contributed by atoms with Crippen molar-refractivity contribution in [1.82, 2.24) is 19.9 Å². The normalized spacial score (nSPS) is 20.2. The maximum atomic E-state index is 5.57. The molecule has 6 heteroatoms. The van der Waals surface area contributed by atoms with E-state index in [2.05, 4.69) is 26.0 Å².